The normalized spacial score (nSPS) is 18.4. The molecule has 10 rings (SSSR count). The number of fused-ring (bicyclic) bond motifs is 2. The maximum atomic E-state index is 13.5. The molecule has 2 atom stereocenters. The van der Waals surface area contributed by atoms with Crippen molar-refractivity contribution in [2.45, 2.75) is 84.7 Å². The summed E-state index contributed by atoms with van der Waals surface area (Å²) in [5, 5.41) is 0. The molecule has 0 bridgehead atoms. The summed E-state index contributed by atoms with van der Waals surface area (Å²) in [5.74, 6) is -1.95. The van der Waals surface area contributed by atoms with Crippen LogP contribution in [0.2, 0.25) is 0 Å². The first-order valence-electron chi connectivity index (χ1n) is 24.0. The molecular formula is C52H48F8N4O10S2. The highest BCUT2D eigenvalue weighted by Gasteiger charge is 2.36. The van der Waals surface area contributed by atoms with Gasteiger partial charge in [0.1, 0.15) is 46.8 Å². The van der Waals surface area contributed by atoms with E-state index < -0.39 is 55.4 Å². The Kier molecular flexibility index (Phi) is 16.0. The fraction of sp³-hybridized carbons (Fsp3) is 0.346. The average molecular weight is 1110 g/mol. The number of anilines is 2. The van der Waals surface area contributed by atoms with Crippen molar-refractivity contribution in [1.29, 1.82) is 0 Å². The summed E-state index contributed by atoms with van der Waals surface area (Å²) < 4.78 is 198. The zero-order valence-corrected chi connectivity index (χ0v) is 41.6. The third kappa shape index (κ3) is 12.9. The molecule has 4 aromatic carbocycles. The second-order valence-electron chi connectivity index (χ2n) is 18.0. The second kappa shape index (κ2) is 22.4. The van der Waals surface area contributed by atoms with Crippen molar-refractivity contribution < 1.29 is 80.4 Å². The molecule has 4 aliphatic heterocycles. The minimum atomic E-state index is -4.54. The number of alkyl halides is 6. The van der Waals surface area contributed by atoms with Crippen LogP contribution in [0.1, 0.15) is 83.7 Å². The van der Waals surface area contributed by atoms with Gasteiger partial charge in [0, 0.05) is 71.9 Å². The molecule has 2 N–H and O–H groups in total. The number of rotatable bonds is 12. The molecule has 6 heterocycles. The second-order valence-corrected chi connectivity index (χ2v) is 21.4. The molecule has 2 fully saturated rings. The van der Waals surface area contributed by atoms with Crippen LogP contribution in [0.15, 0.2) is 119 Å². The van der Waals surface area contributed by atoms with E-state index in [2.05, 4.69) is 19.4 Å². The molecule has 0 saturated carbocycles. The van der Waals surface area contributed by atoms with Gasteiger partial charge in [-0.2, -0.15) is 35.1 Å². The fourth-order valence-electron chi connectivity index (χ4n) is 9.19. The molecule has 24 heteroatoms. The Hall–Kier alpha value is -6.76. The van der Waals surface area contributed by atoms with E-state index in [4.69, 9.17) is 28.4 Å². The van der Waals surface area contributed by atoms with Crippen LogP contribution < -0.4 is 28.4 Å². The van der Waals surface area contributed by atoms with Gasteiger partial charge >= 0.3 is 12.4 Å². The third-order valence-corrected chi connectivity index (χ3v) is 15.6. The molecule has 4 aliphatic rings. The van der Waals surface area contributed by atoms with Gasteiger partial charge in [-0.05, 0) is 73.5 Å². The van der Waals surface area contributed by atoms with Gasteiger partial charge in [0.05, 0.1) is 60.6 Å². The topological polar surface area (TPSA) is 173 Å². The number of hydrogen-bond acceptors (Lipinski definition) is 12. The Balaban J connectivity index is 0.000000186. The van der Waals surface area contributed by atoms with Gasteiger partial charge in [-0.15, -0.1) is 0 Å². The molecule has 0 aliphatic carbocycles. The highest BCUT2D eigenvalue weighted by atomic mass is 32.2. The Morgan fingerprint density at radius 1 is 0.474 bits per heavy atom. The molecule has 0 radical (unpaired) electrons. The molecule has 404 valence electrons. The van der Waals surface area contributed by atoms with E-state index in [0.29, 0.717) is 87.2 Å². The van der Waals surface area contributed by atoms with Crippen molar-refractivity contribution in [3.8, 4) is 23.0 Å². The largest absolute Gasteiger partial charge is 0.493 e. The summed E-state index contributed by atoms with van der Waals surface area (Å²) in [5.41, 5.74) is 0.743. The molecular weight excluding hydrogens is 1060 g/mol. The number of sulfonamides is 2. The van der Waals surface area contributed by atoms with Crippen molar-refractivity contribution in [1.82, 2.24) is 9.97 Å². The number of nitrogens with one attached hydrogen (secondary N) is 2. The van der Waals surface area contributed by atoms with Crippen molar-refractivity contribution in [2.75, 3.05) is 49.1 Å². The van der Waals surface area contributed by atoms with Crippen molar-refractivity contribution in [2.24, 2.45) is 0 Å². The lowest BCUT2D eigenvalue weighted by Gasteiger charge is -2.30. The maximum absolute atomic E-state index is 13.5. The van der Waals surface area contributed by atoms with Gasteiger partial charge < -0.3 is 28.4 Å². The summed E-state index contributed by atoms with van der Waals surface area (Å²) in [6, 6.07) is 22.9. The quantitative estimate of drug-likeness (QED) is 0.0878. The zero-order valence-electron chi connectivity index (χ0n) is 40.0. The van der Waals surface area contributed by atoms with Crippen LogP contribution in [0.4, 0.5) is 46.8 Å². The lowest BCUT2D eigenvalue weighted by molar-refractivity contribution is -0.138. The molecule has 76 heavy (non-hydrogen) atoms. The third-order valence-electron chi connectivity index (χ3n) is 12.9. The Bertz CT molecular complexity index is 3070. The van der Waals surface area contributed by atoms with E-state index in [-0.39, 0.29) is 81.7 Å². The van der Waals surface area contributed by atoms with E-state index in [1.807, 2.05) is 0 Å². The van der Waals surface area contributed by atoms with E-state index in [1.54, 1.807) is 12.1 Å². The van der Waals surface area contributed by atoms with E-state index in [9.17, 15) is 52.0 Å². The summed E-state index contributed by atoms with van der Waals surface area (Å²) in [7, 11) is -8.23. The number of pyridine rings is 2. The van der Waals surface area contributed by atoms with Gasteiger partial charge in [0.15, 0.2) is 0 Å². The zero-order chi connectivity index (χ0) is 53.8. The Labute approximate surface area is 431 Å². The maximum Gasteiger partial charge on any atom is 0.416 e. The van der Waals surface area contributed by atoms with Crippen LogP contribution in [-0.4, -0.2) is 78.7 Å². The lowest BCUT2D eigenvalue weighted by Crippen LogP contribution is -2.27. The summed E-state index contributed by atoms with van der Waals surface area (Å²) >= 11 is 0. The molecule has 2 aromatic heterocycles. The predicted octanol–water partition coefficient (Wildman–Crippen LogP) is 11.0. The molecule has 0 unspecified atom stereocenters. The molecule has 14 nitrogen and oxygen atoms in total. The van der Waals surface area contributed by atoms with E-state index >= 15 is 0 Å². The number of hydrogen-bond donors (Lipinski definition) is 2. The minimum Gasteiger partial charge on any atom is -0.493 e. The SMILES string of the molecule is O=S(=O)(Nc1cccc(F)n1)c1ccc2c(c1)OCC[C@@H]2c1ccc(C(F)(F)F)cc1OC1CCOCC1.O=S(=O)(Nc1cccc(F)n1)c1ccc2c(c1)OCC[C@H]2c1ccc(C(F)(F)F)cc1OC1CCOCC1. The number of benzene rings is 4. The van der Waals surface area contributed by atoms with Crippen LogP contribution in [0.3, 0.4) is 0 Å². The summed E-state index contributed by atoms with van der Waals surface area (Å²) in [6.07, 6.45) is -6.45. The highest BCUT2D eigenvalue weighted by Crippen LogP contribution is 2.47. The molecule has 0 amide bonds. The van der Waals surface area contributed by atoms with Crippen molar-refractivity contribution >= 4 is 31.7 Å². The summed E-state index contributed by atoms with van der Waals surface area (Å²) in [4.78, 5) is 6.77. The van der Waals surface area contributed by atoms with Crippen LogP contribution in [0.5, 0.6) is 23.0 Å². The van der Waals surface area contributed by atoms with Crippen molar-refractivity contribution in [3.63, 3.8) is 0 Å². The van der Waals surface area contributed by atoms with Crippen LogP contribution in [0, 0.1) is 11.9 Å². The first-order chi connectivity index (χ1) is 36.2. The minimum absolute atomic E-state index is 0.131. The van der Waals surface area contributed by atoms with Crippen LogP contribution in [0.25, 0.3) is 0 Å². The summed E-state index contributed by atoms with van der Waals surface area (Å²) in [6.45, 7) is 2.31. The fourth-order valence-corrected chi connectivity index (χ4v) is 11.2. The van der Waals surface area contributed by atoms with Gasteiger partial charge in [-0.3, -0.25) is 9.44 Å². The molecule has 0 spiro atoms. The van der Waals surface area contributed by atoms with Crippen molar-refractivity contribution in [3.05, 3.63) is 154 Å². The number of ether oxygens (including phenoxy) is 6. The van der Waals surface area contributed by atoms with Crippen LogP contribution in [-0.2, 0) is 41.9 Å². The molecule has 6 aromatic rings. The average Bonchev–Trinajstić information content (AvgIpc) is 3.39. The standard InChI is InChI=1S/2C26H24F4N2O5S/c2*27-24-2-1-3-25(31-24)32-38(33,34)18-5-7-20-19(10-13-36-22(20)15-18)21-6-4-16(26(28,29)30)14-23(21)37-17-8-11-35-12-9-17/h2*1-7,14-15,17,19H,8-13H2,(H,31,32)/t2*19-/m10/s1. The number of aromatic nitrogens is 2. The van der Waals surface area contributed by atoms with E-state index in [1.165, 1.54) is 60.7 Å². The number of halogens is 8. The van der Waals surface area contributed by atoms with Gasteiger partial charge in [-0.25, -0.2) is 26.8 Å². The first-order valence-corrected chi connectivity index (χ1v) is 26.9. The van der Waals surface area contributed by atoms with E-state index in [0.717, 1.165) is 36.4 Å². The van der Waals surface area contributed by atoms with Crippen LogP contribution >= 0.6 is 0 Å². The van der Waals surface area contributed by atoms with Gasteiger partial charge in [-0.1, -0.05) is 36.4 Å². The Morgan fingerprint density at radius 2 is 0.855 bits per heavy atom. The highest BCUT2D eigenvalue weighted by molar-refractivity contribution is 7.93. The lowest BCUT2D eigenvalue weighted by atomic mass is 9.85. The predicted molar refractivity (Wildman–Crippen MR) is 259 cm³/mol. The van der Waals surface area contributed by atoms with Gasteiger partial charge in [0.25, 0.3) is 20.0 Å². The number of nitrogens with zero attached hydrogens (tertiary/aromatic N) is 2. The smallest absolute Gasteiger partial charge is 0.416 e. The Morgan fingerprint density at radius 3 is 1.22 bits per heavy atom. The monoisotopic (exact) mass is 1100 g/mol. The van der Waals surface area contributed by atoms with Gasteiger partial charge in [0.2, 0.25) is 11.9 Å². The molecule has 2 saturated heterocycles. The first kappa shape index (κ1) is 54.0.